The predicted octanol–water partition coefficient (Wildman–Crippen LogP) is 8.55. The summed E-state index contributed by atoms with van der Waals surface area (Å²) in [5.74, 6) is -0.714. The summed E-state index contributed by atoms with van der Waals surface area (Å²) in [5, 5.41) is 23.9. The molecule has 12 heteroatoms. The summed E-state index contributed by atoms with van der Waals surface area (Å²) in [4.78, 5) is 24.8. The van der Waals surface area contributed by atoms with E-state index in [9.17, 15) is 15.3 Å². The summed E-state index contributed by atoms with van der Waals surface area (Å²) in [5.41, 5.74) is 7.55. The fraction of sp³-hybridized carbons (Fsp3) is 0.261. The third kappa shape index (κ3) is 8.64. The minimum atomic E-state index is -1.11. The lowest BCUT2D eigenvalue weighted by Crippen LogP contribution is -2.42. The van der Waals surface area contributed by atoms with E-state index in [1.54, 1.807) is 25.4 Å². The number of nitrogens with one attached hydrogen (secondary N) is 2. The van der Waals surface area contributed by atoms with Gasteiger partial charge in [0.2, 0.25) is 5.79 Å². The zero-order valence-corrected chi connectivity index (χ0v) is 32.2. The third-order valence-corrected chi connectivity index (χ3v) is 10.5. The molecule has 2 aliphatic rings. The maximum Gasteiger partial charge on any atom is 0.267 e. The van der Waals surface area contributed by atoms with Crippen LogP contribution in [0.25, 0.3) is 22.3 Å². The molecule has 2 saturated heterocycles. The molecule has 1 aromatic heterocycles. The monoisotopic (exact) mass is 778 g/mol. The summed E-state index contributed by atoms with van der Waals surface area (Å²) >= 11 is 0. The number of nitriles is 2. The first-order valence-corrected chi connectivity index (χ1v) is 19.2. The molecule has 0 radical (unpaired) electrons. The number of aromatic nitrogens is 1. The van der Waals surface area contributed by atoms with Crippen LogP contribution in [-0.4, -0.2) is 43.7 Å². The standard InChI is InChI=1S/C46H43FN6O5/c1-3-43(54)52-58-46(20-7-8-23-57-46)35-12-9-13-37(26-35)51-36-18-21-53(22-19-36)45-38(28-49)44(33-14-15-34(27-48)40(47)24-33)39(29-50-45)32-16-17-41(55-2)42(25-32)56-30-31-10-5-4-6-11-31/h3-6,9-17,24-26,29,36,51H,1,7-8,18-23,30H2,2H3,(H,52,54). The van der Waals surface area contributed by atoms with E-state index in [4.69, 9.17) is 24.0 Å². The van der Waals surface area contributed by atoms with Gasteiger partial charge in [-0.25, -0.2) is 19.7 Å². The second kappa shape index (κ2) is 18.0. The fourth-order valence-electron chi connectivity index (χ4n) is 7.45. The molecule has 3 heterocycles. The van der Waals surface area contributed by atoms with E-state index in [0.29, 0.717) is 77.9 Å². The molecule has 0 saturated carbocycles. The number of anilines is 2. The van der Waals surface area contributed by atoms with Crippen molar-refractivity contribution in [3.63, 3.8) is 0 Å². The molecule has 5 aromatic rings. The Labute approximate surface area is 337 Å². The van der Waals surface area contributed by atoms with Crippen LogP contribution in [-0.2, 0) is 26.8 Å². The zero-order valence-electron chi connectivity index (χ0n) is 32.2. The highest BCUT2D eigenvalue weighted by molar-refractivity contribution is 5.90. The molecule has 1 atom stereocenters. The number of piperidine rings is 1. The minimum absolute atomic E-state index is 0.0901. The third-order valence-electron chi connectivity index (χ3n) is 10.5. The normalized spacial score (nSPS) is 16.7. The number of carbonyl (C=O) groups is 1. The van der Waals surface area contributed by atoms with Gasteiger partial charge in [0.05, 0.1) is 19.3 Å². The number of hydrogen-bond donors (Lipinski definition) is 2. The number of hydroxylamine groups is 1. The first-order valence-electron chi connectivity index (χ1n) is 19.2. The topological polar surface area (TPSA) is 142 Å². The average molecular weight is 779 g/mol. The molecule has 7 rings (SSSR count). The second-order valence-corrected chi connectivity index (χ2v) is 14.1. The lowest BCUT2D eigenvalue weighted by Gasteiger charge is -2.37. The van der Waals surface area contributed by atoms with E-state index in [0.717, 1.165) is 48.6 Å². The van der Waals surface area contributed by atoms with Crippen LogP contribution in [0.4, 0.5) is 15.9 Å². The fourth-order valence-corrected chi connectivity index (χ4v) is 7.45. The number of nitrogens with zero attached hydrogens (tertiary/aromatic N) is 4. The predicted molar refractivity (Wildman–Crippen MR) is 218 cm³/mol. The van der Waals surface area contributed by atoms with Crippen LogP contribution in [0.1, 0.15) is 54.4 Å². The van der Waals surface area contributed by atoms with Gasteiger partial charge in [-0.3, -0.25) is 4.79 Å². The Kier molecular flexibility index (Phi) is 12.3. The molecule has 2 N–H and O–H groups in total. The van der Waals surface area contributed by atoms with Crippen molar-refractivity contribution in [2.45, 2.75) is 50.5 Å². The number of amides is 1. The van der Waals surface area contributed by atoms with Gasteiger partial charge in [0.25, 0.3) is 5.91 Å². The molecule has 11 nitrogen and oxygen atoms in total. The van der Waals surface area contributed by atoms with E-state index in [1.165, 1.54) is 12.1 Å². The lowest BCUT2D eigenvalue weighted by atomic mass is 9.91. The molecule has 2 aliphatic heterocycles. The SMILES string of the molecule is C=CC(=O)NOC1(c2cccc(NC3CCN(c4ncc(-c5ccc(OC)c(OCc6ccccc6)c5)c(-c5ccc(C#N)c(F)c5)c4C#N)CC3)c2)CCCCO1. The minimum Gasteiger partial charge on any atom is -0.493 e. The highest BCUT2D eigenvalue weighted by Gasteiger charge is 2.38. The number of halogens is 1. The Morgan fingerprint density at radius 2 is 1.81 bits per heavy atom. The molecule has 294 valence electrons. The van der Waals surface area contributed by atoms with Crippen LogP contribution in [0.15, 0.2) is 110 Å². The maximum absolute atomic E-state index is 15.2. The Morgan fingerprint density at radius 3 is 2.52 bits per heavy atom. The van der Waals surface area contributed by atoms with Crippen molar-refractivity contribution in [2.24, 2.45) is 0 Å². The van der Waals surface area contributed by atoms with Gasteiger partial charge in [-0.1, -0.05) is 61.2 Å². The van der Waals surface area contributed by atoms with E-state index < -0.39 is 17.5 Å². The molecule has 2 fully saturated rings. The van der Waals surface area contributed by atoms with Gasteiger partial charge in [0, 0.05) is 54.1 Å². The molecule has 0 aliphatic carbocycles. The Morgan fingerprint density at radius 1 is 1.00 bits per heavy atom. The largest absolute Gasteiger partial charge is 0.493 e. The number of ether oxygens (including phenoxy) is 3. The molecular formula is C46H43FN6O5. The van der Waals surface area contributed by atoms with Gasteiger partial charge < -0.3 is 24.4 Å². The number of methoxy groups -OCH3 is 1. The van der Waals surface area contributed by atoms with Crippen molar-refractivity contribution in [3.05, 3.63) is 138 Å². The average Bonchev–Trinajstić information content (AvgIpc) is 3.28. The highest BCUT2D eigenvalue weighted by Crippen LogP contribution is 2.42. The first-order chi connectivity index (χ1) is 28.3. The quantitative estimate of drug-likeness (QED) is 0.0882. The van der Waals surface area contributed by atoms with E-state index >= 15 is 4.39 Å². The van der Waals surface area contributed by atoms with Gasteiger partial charge in [0.1, 0.15) is 35.9 Å². The van der Waals surface area contributed by atoms with E-state index in [-0.39, 0.29) is 11.6 Å². The van der Waals surface area contributed by atoms with Crippen LogP contribution < -0.4 is 25.2 Å². The Hall–Kier alpha value is -6.73. The number of benzene rings is 4. The van der Waals surface area contributed by atoms with Crippen LogP contribution in [0.3, 0.4) is 0 Å². The molecule has 1 unspecified atom stereocenters. The zero-order chi connectivity index (χ0) is 40.5. The Balaban J connectivity index is 1.15. The molecular weight excluding hydrogens is 736 g/mol. The van der Waals surface area contributed by atoms with Crippen LogP contribution >= 0.6 is 0 Å². The summed E-state index contributed by atoms with van der Waals surface area (Å²) in [7, 11) is 1.57. The molecule has 1 amide bonds. The van der Waals surface area contributed by atoms with Crippen molar-refractivity contribution < 1.29 is 28.2 Å². The number of hydrogen-bond acceptors (Lipinski definition) is 10. The molecule has 58 heavy (non-hydrogen) atoms. The van der Waals surface area contributed by atoms with Crippen molar-refractivity contribution >= 4 is 17.4 Å². The molecule has 4 aromatic carbocycles. The number of carbonyl (C=O) groups excluding carboxylic acids is 1. The summed E-state index contributed by atoms with van der Waals surface area (Å²) < 4.78 is 33.2. The van der Waals surface area contributed by atoms with Crippen molar-refractivity contribution in [1.82, 2.24) is 10.5 Å². The van der Waals surface area contributed by atoms with Crippen LogP contribution in [0.2, 0.25) is 0 Å². The Bertz CT molecular complexity index is 2360. The lowest BCUT2D eigenvalue weighted by molar-refractivity contribution is -0.289. The first kappa shape index (κ1) is 39.5. The smallest absolute Gasteiger partial charge is 0.267 e. The summed E-state index contributed by atoms with van der Waals surface area (Å²) in [6.07, 6.45) is 6.71. The summed E-state index contributed by atoms with van der Waals surface area (Å²) in [6, 6.07) is 31.9. The van der Waals surface area contributed by atoms with Crippen molar-refractivity contribution in [1.29, 1.82) is 10.5 Å². The second-order valence-electron chi connectivity index (χ2n) is 14.1. The van der Waals surface area contributed by atoms with E-state index in [2.05, 4.69) is 28.3 Å². The number of rotatable bonds is 13. The van der Waals surface area contributed by atoms with E-state index in [1.807, 2.05) is 72.8 Å². The number of pyridine rings is 1. The molecule has 0 bridgehead atoms. The summed E-state index contributed by atoms with van der Waals surface area (Å²) in [6.45, 7) is 5.52. The van der Waals surface area contributed by atoms with Gasteiger partial charge in [-0.15, -0.1) is 0 Å². The van der Waals surface area contributed by atoms with Gasteiger partial charge in [-0.05, 0) is 84.8 Å². The maximum atomic E-state index is 15.2. The van der Waals surface area contributed by atoms with Crippen LogP contribution in [0, 0.1) is 28.5 Å². The highest BCUT2D eigenvalue weighted by atomic mass is 19.1. The van der Waals surface area contributed by atoms with Gasteiger partial charge >= 0.3 is 0 Å². The van der Waals surface area contributed by atoms with Crippen LogP contribution in [0.5, 0.6) is 11.5 Å². The molecule has 0 spiro atoms. The van der Waals surface area contributed by atoms with Gasteiger partial charge in [0.15, 0.2) is 11.5 Å². The van der Waals surface area contributed by atoms with Crippen molar-refractivity contribution in [2.75, 3.05) is 37.0 Å². The van der Waals surface area contributed by atoms with Crippen molar-refractivity contribution in [3.8, 4) is 45.9 Å². The van der Waals surface area contributed by atoms with Gasteiger partial charge in [-0.2, -0.15) is 10.5 Å².